The largest absolute Gasteiger partial charge is 0.375 e. The highest BCUT2D eigenvalue weighted by molar-refractivity contribution is 7.91. The zero-order chi connectivity index (χ0) is 19.1. The fourth-order valence-electron chi connectivity index (χ4n) is 3.93. The van der Waals surface area contributed by atoms with Gasteiger partial charge in [-0.15, -0.1) is 0 Å². The van der Waals surface area contributed by atoms with E-state index in [4.69, 9.17) is 4.74 Å². The highest BCUT2D eigenvalue weighted by atomic mass is 32.2. The van der Waals surface area contributed by atoms with Crippen LogP contribution in [-0.2, 0) is 19.4 Å². The Bertz CT molecular complexity index is 836. The molecule has 0 saturated carbocycles. The van der Waals surface area contributed by atoms with Crippen LogP contribution >= 0.6 is 0 Å². The molecule has 2 saturated heterocycles. The van der Waals surface area contributed by atoms with Crippen LogP contribution in [0.5, 0.6) is 0 Å². The van der Waals surface area contributed by atoms with Gasteiger partial charge in [-0.25, -0.2) is 8.42 Å². The van der Waals surface area contributed by atoms with Crippen LogP contribution in [0.4, 0.5) is 0 Å². The number of carbonyl (C=O) groups excluding carboxylic acids is 2. The van der Waals surface area contributed by atoms with Gasteiger partial charge >= 0.3 is 0 Å². The molecular weight excluding hydrogens is 356 g/mol. The first-order chi connectivity index (χ1) is 12.2. The van der Waals surface area contributed by atoms with Gasteiger partial charge in [0, 0.05) is 25.8 Å². The van der Waals surface area contributed by atoms with Crippen molar-refractivity contribution in [2.45, 2.75) is 25.9 Å². The van der Waals surface area contributed by atoms with E-state index in [1.807, 2.05) is 26.0 Å². The van der Waals surface area contributed by atoms with Crippen LogP contribution in [0, 0.1) is 13.8 Å². The lowest BCUT2D eigenvalue weighted by atomic mass is 10.00. The molecule has 2 atom stereocenters. The number of benzene rings is 1. The van der Waals surface area contributed by atoms with Gasteiger partial charge in [0.1, 0.15) is 6.61 Å². The van der Waals surface area contributed by atoms with E-state index >= 15 is 0 Å². The molecule has 26 heavy (non-hydrogen) atoms. The Labute approximate surface area is 153 Å². The van der Waals surface area contributed by atoms with Crippen molar-refractivity contribution in [1.82, 2.24) is 9.80 Å². The Morgan fingerprint density at radius 1 is 1.12 bits per heavy atom. The smallest absolute Gasteiger partial charge is 0.254 e. The van der Waals surface area contributed by atoms with E-state index in [1.54, 1.807) is 15.9 Å². The van der Waals surface area contributed by atoms with Gasteiger partial charge in [-0.2, -0.15) is 0 Å². The van der Waals surface area contributed by atoms with E-state index in [1.165, 1.54) is 7.11 Å². The van der Waals surface area contributed by atoms with E-state index in [-0.39, 0.29) is 29.9 Å². The minimum Gasteiger partial charge on any atom is -0.375 e. The Kier molecular flexibility index (Phi) is 5.07. The number of carbonyl (C=O) groups is 2. The highest BCUT2D eigenvalue weighted by Gasteiger charge is 2.49. The zero-order valence-electron chi connectivity index (χ0n) is 15.3. The van der Waals surface area contributed by atoms with E-state index < -0.39 is 21.9 Å². The number of rotatable bonds is 3. The number of methoxy groups -OCH3 is 1. The number of nitrogens with zero attached hydrogens (tertiary/aromatic N) is 2. The van der Waals surface area contributed by atoms with E-state index in [0.29, 0.717) is 18.7 Å². The number of amides is 2. The lowest BCUT2D eigenvalue weighted by molar-refractivity contribution is -0.140. The van der Waals surface area contributed by atoms with Crippen molar-refractivity contribution in [2.75, 3.05) is 38.3 Å². The average molecular weight is 380 g/mol. The maximum Gasteiger partial charge on any atom is 0.254 e. The van der Waals surface area contributed by atoms with Crippen molar-refractivity contribution in [3.05, 3.63) is 34.9 Å². The summed E-state index contributed by atoms with van der Waals surface area (Å²) in [5.41, 5.74) is 2.51. The summed E-state index contributed by atoms with van der Waals surface area (Å²) < 4.78 is 29.4. The first-order valence-corrected chi connectivity index (χ1v) is 10.4. The van der Waals surface area contributed by atoms with Crippen molar-refractivity contribution < 1.29 is 22.7 Å². The van der Waals surface area contributed by atoms with Crippen molar-refractivity contribution in [3.8, 4) is 0 Å². The summed E-state index contributed by atoms with van der Waals surface area (Å²) in [5, 5.41) is 0. The van der Waals surface area contributed by atoms with Crippen molar-refractivity contribution in [3.63, 3.8) is 0 Å². The predicted octanol–water partition coefficient (Wildman–Crippen LogP) is 0.400. The molecule has 0 N–H and O–H groups in total. The van der Waals surface area contributed by atoms with Crippen LogP contribution in [0.1, 0.15) is 21.5 Å². The van der Waals surface area contributed by atoms with Crippen LogP contribution in [0.3, 0.4) is 0 Å². The third kappa shape index (κ3) is 3.48. The number of piperazine rings is 1. The second-order valence-corrected chi connectivity index (χ2v) is 9.20. The summed E-state index contributed by atoms with van der Waals surface area (Å²) in [6, 6.07) is 4.58. The average Bonchev–Trinajstić information content (AvgIpc) is 2.88. The standard InChI is InChI=1S/C18H24N2O5S/c1-12-4-5-14(13(2)8-12)18(22)20-7-6-19(17(21)9-25-3)15-10-26(23,24)11-16(15)20/h4-5,8,15-16H,6-7,9-11H2,1-3H3. The fraction of sp³-hybridized carbons (Fsp3) is 0.556. The number of hydrogen-bond acceptors (Lipinski definition) is 5. The second kappa shape index (κ2) is 7.00. The Balaban J connectivity index is 1.90. The quantitative estimate of drug-likeness (QED) is 0.758. The summed E-state index contributed by atoms with van der Waals surface area (Å²) in [5.74, 6) is -0.624. The molecule has 1 aromatic carbocycles. The summed E-state index contributed by atoms with van der Waals surface area (Å²) in [4.78, 5) is 28.6. The number of ether oxygens (including phenoxy) is 1. The Morgan fingerprint density at radius 2 is 1.73 bits per heavy atom. The lowest BCUT2D eigenvalue weighted by Gasteiger charge is -2.44. The van der Waals surface area contributed by atoms with Crippen LogP contribution in [0.15, 0.2) is 18.2 Å². The molecule has 2 aliphatic rings. The molecule has 2 heterocycles. The van der Waals surface area contributed by atoms with Crippen LogP contribution in [-0.4, -0.2) is 80.4 Å². The minimum absolute atomic E-state index is 0.0890. The number of fused-ring (bicyclic) bond motifs is 1. The van der Waals surface area contributed by atoms with Gasteiger partial charge in [0.25, 0.3) is 5.91 Å². The normalized spacial score (nSPS) is 24.4. The second-order valence-electron chi connectivity index (χ2n) is 7.05. The molecule has 0 radical (unpaired) electrons. The summed E-state index contributed by atoms with van der Waals surface area (Å²) in [6.07, 6.45) is 0. The van der Waals surface area contributed by atoms with Crippen LogP contribution < -0.4 is 0 Å². The van der Waals surface area contributed by atoms with Crippen molar-refractivity contribution >= 4 is 21.7 Å². The van der Waals surface area contributed by atoms with E-state index in [2.05, 4.69) is 0 Å². The molecule has 0 bridgehead atoms. The highest BCUT2D eigenvalue weighted by Crippen LogP contribution is 2.29. The van der Waals surface area contributed by atoms with Gasteiger partial charge in [0.05, 0.1) is 23.6 Å². The topological polar surface area (TPSA) is 84.0 Å². The third-order valence-electron chi connectivity index (χ3n) is 5.14. The molecule has 1 aromatic rings. The fourth-order valence-corrected chi connectivity index (χ4v) is 5.91. The molecule has 3 rings (SSSR count). The molecule has 8 heteroatoms. The van der Waals surface area contributed by atoms with Gasteiger partial charge < -0.3 is 14.5 Å². The molecule has 2 unspecified atom stereocenters. The summed E-state index contributed by atoms with van der Waals surface area (Å²) >= 11 is 0. The molecule has 142 valence electrons. The predicted molar refractivity (Wildman–Crippen MR) is 96.8 cm³/mol. The van der Waals surface area contributed by atoms with Gasteiger partial charge in [-0.3, -0.25) is 9.59 Å². The maximum absolute atomic E-state index is 13.1. The first-order valence-electron chi connectivity index (χ1n) is 8.60. The molecule has 2 fully saturated rings. The zero-order valence-corrected chi connectivity index (χ0v) is 16.1. The van der Waals surface area contributed by atoms with Gasteiger partial charge in [0.15, 0.2) is 9.84 Å². The van der Waals surface area contributed by atoms with E-state index in [0.717, 1.165) is 11.1 Å². The number of sulfone groups is 1. The van der Waals surface area contributed by atoms with Gasteiger partial charge in [0.2, 0.25) is 5.91 Å². The SMILES string of the molecule is COCC(=O)N1CCN(C(=O)c2ccc(C)cc2C)C2CS(=O)(=O)CC21. The monoisotopic (exact) mass is 380 g/mol. The molecule has 0 aromatic heterocycles. The van der Waals surface area contributed by atoms with Gasteiger partial charge in [-0.1, -0.05) is 17.7 Å². The molecule has 0 spiro atoms. The minimum atomic E-state index is -3.30. The molecule has 2 amide bonds. The molecule has 2 aliphatic heterocycles. The third-order valence-corrected chi connectivity index (χ3v) is 6.84. The lowest BCUT2D eigenvalue weighted by Crippen LogP contribution is -2.62. The maximum atomic E-state index is 13.1. The van der Waals surface area contributed by atoms with Gasteiger partial charge in [-0.05, 0) is 25.5 Å². The number of aryl methyl sites for hydroxylation is 2. The van der Waals surface area contributed by atoms with E-state index in [9.17, 15) is 18.0 Å². The summed E-state index contributed by atoms with van der Waals surface area (Å²) in [6.45, 7) is 4.38. The number of hydrogen-bond donors (Lipinski definition) is 0. The Hall–Kier alpha value is -1.93. The molecule has 0 aliphatic carbocycles. The van der Waals surface area contributed by atoms with Crippen LogP contribution in [0.25, 0.3) is 0 Å². The Morgan fingerprint density at radius 3 is 2.35 bits per heavy atom. The van der Waals surface area contributed by atoms with Crippen molar-refractivity contribution in [2.24, 2.45) is 0 Å². The molecule has 7 nitrogen and oxygen atoms in total. The molecular formula is C18H24N2O5S. The first kappa shape index (κ1) is 18.8. The summed E-state index contributed by atoms with van der Waals surface area (Å²) in [7, 11) is -1.87. The van der Waals surface area contributed by atoms with Crippen LogP contribution in [0.2, 0.25) is 0 Å². The van der Waals surface area contributed by atoms with Crippen molar-refractivity contribution in [1.29, 1.82) is 0 Å².